The van der Waals surface area contributed by atoms with Crippen LogP contribution in [0.2, 0.25) is 0 Å². The smallest absolute Gasteiger partial charge is 0.285 e. The quantitative estimate of drug-likeness (QED) is 0.499. The monoisotopic (exact) mass is 382 g/mol. The largest absolute Gasteiger partial charge is 0.298 e. The summed E-state index contributed by atoms with van der Waals surface area (Å²) in [7, 11) is 0. The number of rotatable bonds is 4. The van der Waals surface area contributed by atoms with E-state index in [0.717, 1.165) is 34.2 Å². The summed E-state index contributed by atoms with van der Waals surface area (Å²) in [5.74, 6) is -0.794. The third-order valence-corrected chi connectivity index (χ3v) is 4.99. The lowest BCUT2D eigenvalue weighted by atomic mass is 10.1. The van der Waals surface area contributed by atoms with E-state index in [1.807, 2.05) is 19.1 Å². The number of hydrogen-bond donors (Lipinski definition) is 1. The Hall–Kier alpha value is -2.77. The molecule has 3 rings (SSSR count). The SMILES string of the molecule is Cc1ccc(C(=O)NN2C(=O)/C(=C/c3ccc(C=O)cc3)SC2=S)cc1. The molecule has 2 amide bonds. The Morgan fingerprint density at radius 1 is 1.08 bits per heavy atom. The molecule has 1 fully saturated rings. The molecule has 2 aromatic carbocycles. The summed E-state index contributed by atoms with van der Waals surface area (Å²) in [6, 6.07) is 13.8. The number of nitrogens with one attached hydrogen (secondary N) is 1. The van der Waals surface area contributed by atoms with Gasteiger partial charge in [-0.2, -0.15) is 5.01 Å². The number of aryl methyl sites for hydroxylation is 1. The Kier molecular flexibility index (Phi) is 5.29. The third-order valence-electron chi connectivity index (χ3n) is 3.69. The number of amides is 2. The molecule has 1 heterocycles. The first kappa shape index (κ1) is 18.0. The second-order valence-corrected chi connectivity index (χ2v) is 7.28. The zero-order valence-electron chi connectivity index (χ0n) is 13.8. The van der Waals surface area contributed by atoms with Crippen molar-refractivity contribution >= 4 is 52.5 Å². The van der Waals surface area contributed by atoms with Crippen LogP contribution in [0.15, 0.2) is 53.4 Å². The minimum absolute atomic E-state index is 0.256. The van der Waals surface area contributed by atoms with E-state index in [1.54, 1.807) is 42.5 Å². The van der Waals surface area contributed by atoms with Gasteiger partial charge < -0.3 is 0 Å². The third kappa shape index (κ3) is 3.89. The van der Waals surface area contributed by atoms with Crippen LogP contribution in [0.1, 0.15) is 31.8 Å². The van der Waals surface area contributed by atoms with E-state index < -0.39 is 5.91 Å². The van der Waals surface area contributed by atoms with Gasteiger partial charge in [0.15, 0.2) is 4.32 Å². The van der Waals surface area contributed by atoms with E-state index >= 15 is 0 Å². The van der Waals surface area contributed by atoms with Crippen molar-refractivity contribution in [2.45, 2.75) is 6.92 Å². The van der Waals surface area contributed by atoms with Gasteiger partial charge >= 0.3 is 0 Å². The number of nitrogens with zero attached hydrogens (tertiary/aromatic N) is 1. The lowest BCUT2D eigenvalue weighted by molar-refractivity contribution is -0.123. The molecular formula is C19H14N2O3S2. The minimum atomic E-state index is -0.405. The molecule has 0 radical (unpaired) electrons. The van der Waals surface area contributed by atoms with Crippen molar-refractivity contribution in [3.8, 4) is 0 Å². The summed E-state index contributed by atoms with van der Waals surface area (Å²) in [5.41, 5.74) is 5.34. The first-order chi connectivity index (χ1) is 12.5. The van der Waals surface area contributed by atoms with E-state index in [1.165, 1.54) is 0 Å². The average Bonchev–Trinajstić information content (AvgIpc) is 2.90. The molecule has 1 N–H and O–H groups in total. The van der Waals surface area contributed by atoms with Crippen LogP contribution < -0.4 is 5.43 Å². The van der Waals surface area contributed by atoms with Crippen LogP contribution in [0.3, 0.4) is 0 Å². The van der Waals surface area contributed by atoms with Crippen molar-refractivity contribution < 1.29 is 14.4 Å². The fraction of sp³-hybridized carbons (Fsp3) is 0.0526. The molecule has 5 nitrogen and oxygen atoms in total. The summed E-state index contributed by atoms with van der Waals surface area (Å²) < 4.78 is 0.256. The fourth-order valence-corrected chi connectivity index (χ4v) is 3.44. The van der Waals surface area contributed by atoms with Gasteiger partial charge in [0.05, 0.1) is 4.91 Å². The molecule has 7 heteroatoms. The number of thiocarbonyl (C=S) groups is 1. The Balaban J connectivity index is 1.75. The Bertz CT molecular complexity index is 919. The van der Waals surface area contributed by atoms with Crippen LogP contribution >= 0.6 is 24.0 Å². The van der Waals surface area contributed by atoms with Crippen LogP contribution in [-0.4, -0.2) is 27.4 Å². The van der Waals surface area contributed by atoms with Crippen LogP contribution in [0.25, 0.3) is 6.08 Å². The van der Waals surface area contributed by atoms with E-state index in [9.17, 15) is 14.4 Å². The first-order valence-electron chi connectivity index (χ1n) is 7.69. The van der Waals surface area contributed by atoms with E-state index in [0.29, 0.717) is 16.0 Å². The number of hydrogen-bond acceptors (Lipinski definition) is 5. The molecule has 1 saturated heterocycles. The number of carbonyl (C=O) groups is 3. The molecule has 130 valence electrons. The summed E-state index contributed by atoms with van der Waals surface area (Å²) in [4.78, 5) is 36.0. The summed E-state index contributed by atoms with van der Waals surface area (Å²) >= 11 is 6.32. The molecule has 0 atom stereocenters. The van der Waals surface area contributed by atoms with E-state index in [4.69, 9.17) is 12.2 Å². The van der Waals surface area contributed by atoms with Gasteiger partial charge in [-0.25, -0.2) is 0 Å². The second kappa shape index (κ2) is 7.63. The van der Waals surface area contributed by atoms with Gasteiger partial charge in [0.1, 0.15) is 6.29 Å². The van der Waals surface area contributed by atoms with Crippen molar-refractivity contribution in [3.05, 3.63) is 75.7 Å². The number of thioether (sulfide) groups is 1. The first-order valence-corrected chi connectivity index (χ1v) is 8.91. The van der Waals surface area contributed by atoms with Crippen molar-refractivity contribution in [1.29, 1.82) is 0 Å². The van der Waals surface area contributed by atoms with Crippen LogP contribution in [0, 0.1) is 6.92 Å². The van der Waals surface area contributed by atoms with Gasteiger partial charge in [-0.3, -0.25) is 19.8 Å². The molecule has 26 heavy (non-hydrogen) atoms. The zero-order chi connectivity index (χ0) is 18.7. The molecule has 0 spiro atoms. The summed E-state index contributed by atoms with van der Waals surface area (Å²) in [6.07, 6.45) is 2.43. The maximum atomic E-state index is 12.5. The van der Waals surface area contributed by atoms with Gasteiger partial charge in [-0.05, 0) is 42.9 Å². The topological polar surface area (TPSA) is 66.5 Å². The van der Waals surface area contributed by atoms with Gasteiger partial charge in [-0.1, -0.05) is 53.7 Å². The number of hydrazine groups is 1. The summed E-state index contributed by atoms with van der Waals surface area (Å²) in [6.45, 7) is 1.93. The highest BCUT2D eigenvalue weighted by atomic mass is 32.2. The molecule has 1 aliphatic rings. The minimum Gasteiger partial charge on any atom is -0.298 e. The van der Waals surface area contributed by atoms with E-state index in [2.05, 4.69) is 5.43 Å². The molecule has 2 aromatic rings. The predicted octanol–water partition coefficient (Wildman–Crippen LogP) is 3.35. The fourth-order valence-electron chi connectivity index (χ4n) is 2.26. The number of aldehydes is 1. The van der Waals surface area contributed by atoms with E-state index in [-0.39, 0.29) is 10.2 Å². The molecule has 0 saturated carbocycles. The highest BCUT2D eigenvalue weighted by Crippen LogP contribution is 2.31. The maximum absolute atomic E-state index is 12.5. The van der Waals surface area contributed by atoms with Crippen molar-refractivity contribution in [1.82, 2.24) is 10.4 Å². The molecule has 0 aromatic heterocycles. The van der Waals surface area contributed by atoms with Crippen LogP contribution in [0.5, 0.6) is 0 Å². The zero-order valence-corrected chi connectivity index (χ0v) is 15.4. The molecular weight excluding hydrogens is 368 g/mol. The van der Waals surface area contributed by atoms with Gasteiger partial charge in [0, 0.05) is 11.1 Å². The predicted molar refractivity (Wildman–Crippen MR) is 105 cm³/mol. The maximum Gasteiger partial charge on any atom is 0.285 e. The van der Waals surface area contributed by atoms with Crippen LogP contribution in [-0.2, 0) is 4.79 Å². The molecule has 1 aliphatic heterocycles. The van der Waals surface area contributed by atoms with Gasteiger partial charge in [-0.15, -0.1) is 0 Å². The van der Waals surface area contributed by atoms with Crippen molar-refractivity contribution in [2.75, 3.05) is 0 Å². The van der Waals surface area contributed by atoms with Crippen molar-refractivity contribution in [2.24, 2.45) is 0 Å². The lowest BCUT2D eigenvalue weighted by Crippen LogP contribution is -2.44. The molecule has 0 unspecified atom stereocenters. The average molecular weight is 382 g/mol. The Morgan fingerprint density at radius 3 is 2.31 bits per heavy atom. The van der Waals surface area contributed by atoms with Crippen LogP contribution in [0.4, 0.5) is 0 Å². The molecule has 0 bridgehead atoms. The summed E-state index contributed by atoms with van der Waals surface area (Å²) in [5, 5.41) is 1.08. The Labute approximate surface area is 160 Å². The van der Waals surface area contributed by atoms with Gasteiger partial charge in [0.2, 0.25) is 0 Å². The number of carbonyl (C=O) groups excluding carboxylic acids is 3. The standard InChI is InChI=1S/C19H14N2O3S2/c1-12-2-8-15(9-3-12)17(23)20-21-18(24)16(26-19(21)25)10-13-4-6-14(11-22)7-5-13/h2-11H,1H3,(H,20,23)/b16-10-. The highest BCUT2D eigenvalue weighted by Gasteiger charge is 2.33. The Morgan fingerprint density at radius 2 is 1.69 bits per heavy atom. The highest BCUT2D eigenvalue weighted by molar-refractivity contribution is 8.26. The normalized spacial score (nSPS) is 15.4. The van der Waals surface area contributed by atoms with Gasteiger partial charge in [0.25, 0.3) is 11.8 Å². The lowest BCUT2D eigenvalue weighted by Gasteiger charge is -2.15. The number of benzene rings is 2. The molecule has 0 aliphatic carbocycles. The second-order valence-electron chi connectivity index (χ2n) is 5.61. The van der Waals surface area contributed by atoms with Crippen molar-refractivity contribution in [3.63, 3.8) is 0 Å².